The zero-order valence-corrected chi connectivity index (χ0v) is 11.6. The Hall–Kier alpha value is -1.55. The van der Waals surface area contributed by atoms with Gasteiger partial charge in [-0.25, -0.2) is 0 Å². The summed E-state index contributed by atoms with van der Waals surface area (Å²) in [5, 5.41) is 3.06. The normalized spacial score (nSPS) is 18.3. The van der Waals surface area contributed by atoms with Gasteiger partial charge in [0.2, 0.25) is 5.91 Å². The number of carbonyl (C=O) groups is 1. The van der Waals surface area contributed by atoms with Crippen LogP contribution in [0.2, 0.25) is 0 Å². The monoisotopic (exact) mass is 262 g/mol. The molecule has 1 aromatic rings. The fraction of sp³-hybridized carbons (Fsp3) is 0.533. The van der Waals surface area contributed by atoms with E-state index < -0.39 is 5.54 Å². The van der Waals surface area contributed by atoms with Crippen LogP contribution in [0.3, 0.4) is 0 Å². The fourth-order valence-electron chi connectivity index (χ4n) is 2.34. The maximum atomic E-state index is 12.2. The van der Waals surface area contributed by atoms with Gasteiger partial charge in [0.25, 0.3) is 0 Å². The first-order chi connectivity index (χ1) is 9.09. The molecule has 0 aliphatic heterocycles. The van der Waals surface area contributed by atoms with Crippen molar-refractivity contribution in [1.29, 1.82) is 0 Å². The lowest BCUT2D eigenvalue weighted by Crippen LogP contribution is -2.58. The van der Waals surface area contributed by atoms with Crippen LogP contribution in [0.4, 0.5) is 0 Å². The van der Waals surface area contributed by atoms with Crippen LogP contribution >= 0.6 is 0 Å². The molecule has 1 atom stereocenters. The number of methoxy groups -OCH3 is 1. The Morgan fingerprint density at radius 2 is 2.05 bits per heavy atom. The highest BCUT2D eigenvalue weighted by Gasteiger charge is 2.40. The maximum absolute atomic E-state index is 12.2. The lowest BCUT2D eigenvalue weighted by atomic mass is 9.77. The number of benzene rings is 1. The summed E-state index contributed by atoms with van der Waals surface area (Å²) in [6, 6.07) is 7.80. The molecule has 4 nitrogen and oxygen atoms in total. The van der Waals surface area contributed by atoms with E-state index in [4.69, 9.17) is 10.5 Å². The van der Waals surface area contributed by atoms with Gasteiger partial charge in [0.15, 0.2) is 0 Å². The van der Waals surface area contributed by atoms with E-state index in [1.54, 1.807) is 7.11 Å². The third kappa shape index (κ3) is 2.89. The molecule has 19 heavy (non-hydrogen) atoms. The standard InChI is InChI=1S/C15H22N2O2/c1-3-13(11-5-7-12(19-2)8-6-11)17-14(18)15(16)9-4-10-15/h5-8,13H,3-4,9-10,16H2,1-2H3,(H,17,18). The molecule has 0 aromatic heterocycles. The first-order valence-corrected chi connectivity index (χ1v) is 6.83. The minimum atomic E-state index is -0.639. The minimum Gasteiger partial charge on any atom is -0.497 e. The highest BCUT2D eigenvalue weighted by atomic mass is 16.5. The summed E-state index contributed by atoms with van der Waals surface area (Å²) in [7, 11) is 1.64. The number of nitrogens with one attached hydrogen (secondary N) is 1. The minimum absolute atomic E-state index is 0.0134. The molecule has 1 unspecified atom stereocenters. The van der Waals surface area contributed by atoms with E-state index in [-0.39, 0.29) is 11.9 Å². The summed E-state index contributed by atoms with van der Waals surface area (Å²) < 4.78 is 5.14. The predicted octanol–water partition coefficient (Wildman–Crippen LogP) is 2.14. The average Bonchev–Trinajstić information content (AvgIpc) is 2.42. The number of carbonyl (C=O) groups excluding carboxylic acids is 1. The van der Waals surface area contributed by atoms with E-state index in [0.717, 1.165) is 37.0 Å². The van der Waals surface area contributed by atoms with Crippen molar-refractivity contribution in [1.82, 2.24) is 5.32 Å². The molecule has 0 heterocycles. The van der Waals surface area contributed by atoms with Crippen LogP contribution < -0.4 is 15.8 Å². The van der Waals surface area contributed by atoms with E-state index in [2.05, 4.69) is 12.2 Å². The highest BCUT2D eigenvalue weighted by molar-refractivity contribution is 5.87. The first kappa shape index (κ1) is 13.9. The molecule has 0 saturated heterocycles. The van der Waals surface area contributed by atoms with Gasteiger partial charge in [-0.15, -0.1) is 0 Å². The molecular weight excluding hydrogens is 240 g/mol. The predicted molar refractivity (Wildman–Crippen MR) is 74.9 cm³/mol. The third-order valence-electron chi connectivity index (χ3n) is 3.93. The Kier molecular flexibility index (Phi) is 4.10. The van der Waals surface area contributed by atoms with Crippen molar-refractivity contribution in [2.45, 2.75) is 44.2 Å². The zero-order chi connectivity index (χ0) is 13.9. The van der Waals surface area contributed by atoms with Gasteiger partial charge in [-0.05, 0) is 43.4 Å². The summed E-state index contributed by atoms with van der Waals surface area (Å²) in [4.78, 5) is 12.2. The van der Waals surface area contributed by atoms with E-state index in [0.29, 0.717) is 0 Å². The number of rotatable bonds is 5. The van der Waals surface area contributed by atoms with Crippen molar-refractivity contribution < 1.29 is 9.53 Å². The zero-order valence-electron chi connectivity index (χ0n) is 11.6. The second-order valence-electron chi connectivity index (χ2n) is 5.22. The number of amides is 1. The van der Waals surface area contributed by atoms with Crippen molar-refractivity contribution in [3.8, 4) is 5.75 Å². The van der Waals surface area contributed by atoms with E-state index >= 15 is 0 Å². The largest absolute Gasteiger partial charge is 0.497 e. The van der Waals surface area contributed by atoms with E-state index in [9.17, 15) is 4.79 Å². The smallest absolute Gasteiger partial charge is 0.240 e. The molecule has 1 amide bonds. The summed E-state index contributed by atoms with van der Waals surface area (Å²) in [5.74, 6) is 0.792. The summed E-state index contributed by atoms with van der Waals surface area (Å²) in [6.45, 7) is 2.05. The van der Waals surface area contributed by atoms with Crippen molar-refractivity contribution in [3.63, 3.8) is 0 Å². The molecule has 1 fully saturated rings. The topological polar surface area (TPSA) is 64.4 Å². The van der Waals surface area contributed by atoms with Gasteiger partial charge < -0.3 is 15.8 Å². The maximum Gasteiger partial charge on any atom is 0.240 e. The molecule has 1 aliphatic rings. The van der Waals surface area contributed by atoms with Gasteiger partial charge in [0.1, 0.15) is 5.75 Å². The van der Waals surface area contributed by atoms with Gasteiger partial charge in [-0.3, -0.25) is 4.79 Å². The van der Waals surface area contributed by atoms with E-state index in [1.807, 2.05) is 24.3 Å². The SMILES string of the molecule is CCC(NC(=O)C1(N)CCC1)c1ccc(OC)cc1. The number of ether oxygens (including phenoxy) is 1. The number of hydrogen-bond acceptors (Lipinski definition) is 3. The average molecular weight is 262 g/mol. The van der Waals surface area contributed by atoms with Crippen molar-refractivity contribution in [3.05, 3.63) is 29.8 Å². The Balaban J connectivity index is 2.04. The number of nitrogens with two attached hydrogens (primary N) is 1. The van der Waals surface area contributed by atoms with Crippen LogP contribution in [-0.2, 0) is 4.79 Å². The summed E-state index contributed by atoms with van der Waals surface area (Å²) >= 11 is 0. The molecule has 1 saturated carbocycles. The molecule has 0 bridgehead atoms. The second kappa shape index (κ2) is 5.61. The van der Waals surface area contributed by atoms with Crippen LogP contribution in [0.5, 0.6) is 5.75 Å². The molecule has 2 rings (SSSR count). The molecule has 4 heteroatoms. The van der Waals surface area contributed by atoms with Gasteiger partial charge in [0.05, 0.1) is 18.7 Å². The van der Waals surface area contributed by atoms with Gasteiger partial charge in [0, 0.05) is 0 Å². The molecule has 1 aromatic carbocycles. The summed E-state index contributed by atoms with van der Waals surface area (Å²) in [6.07, 6.45) is 3.47. The molecule has 0 spiro atoms. The third-order valence-corrected chi connectivity index (χ3v) is 3.93. The molecule has 3 N–H and O–H groups in total. The van der Waals surface area contributed by atoms with Gasteiger partial charge in [-0.1, -0.05) is 19.1 Å². The van der Waals surface area contributed by atoms with Gasteiger partial charge in [-0.2, -0.15) is 0 Å². The van der Waals surface area contributed by atoms with Crippen LogP contribution in [0.15, 0.2) is 24.3 Å². The molecule has 104 valence electrons. The van der Waals surface area contributed by atoms with Crippen LogP contribution in [0.1, 0.15) is 44.2 Å². The summed E-state index contributed by atoms with van der Waals surface area (Å²) in [5.41, 5.74) is 6.48. The van der Waals surface area contributed by atoms with Crippen LogP contribution in [0.25, 0.3) is 0 Å². The quantitative estimate of drug-likeness (QED) is 0.854. The molecule has 0 radical (unpaired) electrons. The van der Waals surface area contributed by atoms with Crippen molar-refractivity contribution >= 4 is 5.91 Å². The molecular formula is C15H22N2O2. The van der Waals surface area contributed by atoms with E-state index in [1.165, 1.54) is 0 Å². The Morgan fingerprint density at radius 3 is 2.47 bits per heavy atom. The Morgan fingerprint density at radius 1 is 1.42 bits per heavy atom. The Bertz CT molecular complexity index is 438. The highest BCUT2D eigenvalue weighted by Crippen LogP contribution is 2.30. The second-order valence-corrected chi connectivity index (χ2v) is 5.22. The van der Waals surface area contributed by atoms with Crippen LogP contribution in [0, 0.1) is 0 Å². The lowest BCUT2D eigenvalue weighted by Gasteiger charge is -2.37. The first-order valence-electron chi connectivity index (χ1n) is 6.83. The van der Waals surface area contributed by atoms with Gasteiger partial charge >= 0.3 is 0 Å². The molecule has 1 aliphatic carbocycles. The fourth-order valence-corrected chi connectivity index (χ4v) is 2.34. The van der Waals surface area contributed by atoms with Crippen molar-refractivity contribution in [2.24, 2.45) is 5.73 Å². The lowest BCUT2D eigenvalue weighted by molar-refractivity contribution is -0.130. The number of hydrogen-bond donors (Lipinski definition) is 2. The van der Waals surface area contributed by atoms with Crippen molar-refractivity contribution in [2.75, 3.05) is 7.11 Å². The van der Waals surface area contributed by atoms with Crippen LogP contribution in [-0.4, -0.2) is 18.6 Å². The Labute approximate surface area is 114 Å².